The molecule has 0 bridgehead atoms. The minimum Gasteiger partial charge on any atom is -0.316 e. The number of nitrogens with zero attached hydrogens (tertiary/aromatic N) is 1. The van der Waals surface area contributed by atoms with Crippen molar-refractivity contribution in [1.29, 1.82) is 0 Å². The summed E-state index contributed by atoms with van der Waals surface area (Å²) in [5.74, 6) is -0.422. The van der Waals surface area contributed by atoms with Crippen LogP contribution in [0.2, 0.25) is 0 Å². The third kappa shape index (κ3) is 3.95. The van der Waals surface area contributed by atoms with Crippen LogP contribution < -0.4 is 5.32 Å². The number of aromatic nitrogens is 1. The first-order chi connectivity index (χ1) is 9.91. The van der Waals surface area contributed by atoms with E-state index in [2.05, 4.69) is 10.3 Å². The maximum absolute atomic E-state index is 13.9. The molecular formula is C14H12F4N2S. The lowest BCUT2D eigenvalue weighted by Gasteiger charge is -2.10. The molecule has 0 unspecified atom stereocenters. The molecule has 0 aliphatic heterocycles. The normalized spacial score (nSPS) is 11.7. The van der Waals surface area contributed by atoms with E-state index in [0.717, 1.165) is 29.6 Å². The molecule has 2 nitrogen and oxygen atoms in total. The summed E-state index contributed by atoms with van der Waals surface area (Å²) in [4.78, 5) is 4.10. The van der Waals surface area contributed by atoms with Crippen molar-refractivity contribution in [2.24, 2.45) is 0 Å². The predicted molar refractivity (Wildman–Crippen MR) is 72.5 cm³/mol. The Morgan fingerprint density at radius 3 is 2.52 bits per heavy atom. The highest BCUT2D eigenvalue weighted by Gasteiger charge is 2.30. The summed E-state index contributed by atoms with van der Waals surface area (Å²) in [6, 6.07) is 6.83. The second kappa shape index (κ2) is 6.44. The zero-order valence-corrected chi connectivity index (χ0v) is 11.9. The molecule has 0 atom stereocenters. The van der Waals surface area contributed by atoms with Gasteiger partial charge >= 0.3 is 6.18 Å². The van der Waals surface area contributed by atoms with Gasteiger partial charge in [0.25, 0.3) is 0 Å². The van der Waals surface area contributed by atoms with Crippen molar-refractivity contribution < 1.29 is 17.6 Å². The third-order valence-corrected chi connectivity index (χ3v) is 3.80. The van der Waals surface area contributed by atoms with E-state index in [0.29, 0.717) is 16.5 Å². The van der Waals surface area contributed by atoms with Crippen molar-refractivity contribution in [1.82, 2.24) is 10.3 Å². The van der Waals surface area contributed by atoms with E-state index in [1.165, 1.54) is 12.1 Å². The van der Waals surface area contributed by atoms with Gasteiger partial charge in [0.15, 0.2) is 0 Å². The summed E-state index contributed by atoms with van der Waals surface area (Å²) in [5, 5.41) is 3.23. The Kier molecular flexibility index (Phi) is 4.84. The molecule has 1 heterocycles. The van der Waals surface area contributed by atoms with Gasteiger partial charge < -0.3 is 5.32 Å². The Morgan fingerprint density at radius 1 is 1.19 bits per heavy atom. The largest absolute Gasteiger partial charge is 0.417 e. The first kappa shape index (κ1) is 15.8. The van der Waals surface area contributed by atoms with E-state index in [-0.39, 0.29) is 0 Å². The highest BCUT2D eigenvalue weighted by Crippen LogP contribution is 2.34. The molecule has 0 amide bonds. The second-order valence-corrected chi connectivity index (χ2v) is 5.27. The van der Waals surface area contributed by atoms with Crippen molar-refractivity contribution in [3.05, 3.63) is 53.5 Å². The van der Waals surface area contributed by atoms with Gasteiger partial charge in [0, 0.05) is 12.7 Å². The molecule has 2 aromatic rings. The molecule has 2 rings (SSSR count). The number of pyridine rings is 1. The summed E-state index contributed by atoms with van der Waals surface area (Å²) >= 11 is 1.01. The summed E-state index contributed by atoms with van der Waals surface area (Å²) in [6.45, 7) is 0.459. The van der Waals surface area contributed by atoms with E-state index < -0.39 is 17.6 Å². The van der Waals surface area contributed by atoms with Gasteiger partial charge in [0.05, 0.1) is 10.5 Å². The number of nitrogens with one attached hydrogen (secondary N) is 1. The van der Waals surface area contributed by atoms with Crippen molar-refractivity contribution in [3.63, 3.8) is 0 Å². The topological polar surface area (TPSA) is 24.9 Å². The first-order valence-corrected chi connectivity index (χ1v) is 6.86. The highest BCUT2D eigenvalue weighted by atomic mass is 32.2. The Bertz CT molecular complexity index is 611. The van der Waals surface area contributed by atoms with Crippen LogP contribution in [0.15, 0.2) is 46.5 Å². The number of alkyl halides is 3. The lowest BCUT2D eigenvalue weighted by molar-refractivity contribution is -0.137. The summed E-state index contributed by atoms with van der Waals surface area (Å²) in [7, 11) is 1.73. The van der Waals surface area contributed by atoms with Crippen LogP contribution >= 0.6 is 11.8 Å². The van der Waals surface area contributed by atoms with Crippen LogP contribution in [0.1, 0.15) is 11.1 Å². The van der Waals surface area contributed by atoms with Gasteiger partial charge in [-0.2, -0.15) is 13.2 Å². The average Bonchev–Trinajstić information content (AvgIpc) is 2.42. The molecule has 0 aliphatic carbocycles. The van der Waals surface area contributed by atoms with Crippen LogP contribution in [-0.2, 0) is 12.7 Å². The maximum atomic E-state index is 13.9. The quantitative estimate of drug-likeness (QED) is 0.859. The number of benzene rings is 1. The molecule has 1 aromatic heterocycles. The summed E-state index contributed by atoms with van der Waals surface area (Å²) < 4.78 is 51.3. The number of hydrogen-bond acceptors (Lipinski definition) is 3. The Morgan fingerprint density at radius 2 is 1.95 bits per heavy atom. The monoisotopic (exact) mass is 316 g/mol. The predicted octanol–water partition coefficient (Wildman–Crippen LogP) is 4.11. The van der Waals surface area contributed by atoms with Crippen LogP contribution in [0.4, 0.5) is 17.6 Å². The van der Waals surface area contributed by atoms with Gasteiger partial charge in [-0.25, -0.2) is 9.37 Å². The molecule has 1 aromatic carbocycles. The number of rotatable bonds is 4. The number of hydrogen-bond donors (Lipinski definition) is 1. The fraction of sp³-hybridized carbons (Fsp3) is 0.214. The van der Waals surface area contributed by atoms with Gasteiger partial charge in [-0.15, -0.1) is 0 Å². The van der Waals surface area contributed by atoms with Gasteiger partial charge in [-0.05, 0) is 30.8 Å². The average molecular weight is 316 g/mol. The smallest absolute Gasteiger partial charge is 0.316 e. The molecule has 7 heteroatoms. The van der Waals surface area contributed by atoms with Crippen LogP contribution in [0.5, 0.6) is 0 Å². The Balaban J connectivity index is 2.26. The fourth-order valence-electron chi connectivity index (χ4n) is 1.71. The standard InChI is InChI=1S/C14H12F4N2S/c1-19-7-9-3-2-4-11(15)13(9)21-12-6-5-10(8-20-12)14(16,17)18/h2-6,8,19H,7H2,1H3. The minimum absolute atomic E-state index is 0.311. The van der Waals surface area contributed by atoms with E-state index in [9.17, 15) is 17.6 Å². The molecule has 21 heavy (non-hydrogen) atoms. The molecule has 0 aliphatic rings. The molecule has 112 valence electrons. The van der Waals surface area contributed by atoms with Gasteiger partial charge in [0.2, 0.25) is 0 Å². The van der Waals surface area contributed by atoms with Gasteiger partial charge in [-0.3, -0.25) is 0 Å². The maximum Gasteiger partial charge on any atom is 0.417 e. The van der Waals surface area contributed by atoms with E-state index in [1.54, 1.807) is 19.2 Å². The van der Waals surface area contributed by atoms with Gasteiger partial charge in [0.1, 0.15) is 10.8 Å². The molecule has 0 spiro atoms. The SMILES string of the molecule is CNCc1cccc(F)c1Sc1ccc(C(F)(F)F)cn1. The van der Waals surface area contributed by atoms with Crippen molar-refractivity contribution >= 4 is 11.8 Å². The van der Waals surface area contributed by atoms with Crippen LogP contribution in [0, 0.1) is 5.82 Å². The van der Waals surface area contributed by atoms with Crippen LogP contribution in [0.3, 0.4) is 0 Å². The molecule has 0 saturated carbocycles. The molecule has 1 N–H and O–H groups in total. The fourth-order valence-corrected chi connectivity index (χ4v) is 2.60. The molecule has 0 fully saturated rings. The number of halogens is 4. The summed E-state index contributed by atoms with van der Waals surface area (Å²) in [5.41, 5.74) is -0.0972. The van der Waals surface area contributed by atoms with Gasteiger partial charge in [-0.1, -0.05) is 23.9 Å². The first-order valence-electron chi connectivity index (χ1n) is 6.05. The van der Waals surface area contributed by atoms with Crippen LogP contribution in [0.25, 0.3) is 0 Å². The zero-order chi connectivity index (χ0) is 15.5. The third-order valence-electron chi connectivity index (χ3n) is 2.69. The Labute approximate surface area is 123 Å². The van der Waals surface area contributed by atoms with E-state index in [1.807, 2.05) is 0 Å². The van der Waals surface area contributed by atoms with Crippen molar-refractivity contribution in [3.8, 4) is 0 Å². The van der Waals surface area contributed by atoms with Crippen LogP contribution in [-0.4, -0.2) is 12.0 Å². The Hall–Kier alpha value is -1.60. The van der Waals surface area contributed by atoms with E-state index in [4.69, 9.17) is 0 Å². The lowest BCUT2D eigenvalue weighted by Crippen LogP contribution is -2.07. The van der Waals surface area contributed by atoms with Crippen molar-refractivity contribution in [2.75, 3.05) is 7.05 Å². The molecule has 0 radical (unpaired) electrons. The zero-order valence-electron chi connectivity index (χ0n) is 11.0. The second-order valence-electron chi connectivity index (χ2n) is 4.24. The van der Waals surface area contributed by atoms with Crippen molar-refractivity contribution in [2.45, 2.75) is 22.6 Å². The highest BCUT2D eigenvalue weighted by molar-refractivity contribution is 7.99. The minimum atomic E-state index is -4.43. The molecule has 0 saturated heterocycles. The molecular weight excluding hydrogens is 304 g/mol. The summed E-state index contributed by atoms with van der Waals surface area (Å²) in [6.07, 6.45) is -3.67. The van der Waals surface area contributed by atoms with E-state index >= 15 is 0 Å². The lowest BCUT2D eigenvalue weighted by atomic mass is 10.2.